The Morgan fingerprint density at radius 3 is 2.71 bits per heavy atom. The Morgan fingerprint density at radius 1 is 1.10 bits per heavy atom. The normalized spacial score (nSPS) is 51.4. The van der Waals surface area contributed by atoms with Gasteiger partial charge in [0, 0.05) is 42.5 Å². The molecule has 0 aromatic rings. The number of allylic oxidation sites excluding steroid dienone is 1. The van der Waals surface area contributed by atoms with Gasteiger partial charge in [-0.1, -0.05) is 20.8 Å². The predicted octanol–water partition coefficient (Wildman–Crippen LogP) is 4.95. The number of rotatable bonds is 0. The van der Waals surface area contributed by atoms with Gasteiger partial charge < -0.3 is 4.74 Å². The van der Waals surface area contributed by atoms with Crippen LogP contribution < -0.4 is 0 Å². The molecule has 2 aliphatic heterocycles. The Bertz CT molecular complexity index is 917. The first-order chi connectivity index (χ1) is 14.8. The molecular formula is C27H37NO3. The minimum atomic E-state index is -0.328. The summed E-state index contributed by atoms with van der Waals surface area (Å²) in [4.78, 5) is 31.2. The van der Waals surface area contributed by atoms with Gasteiger partial charge in [0.1, 0.15) is 5.78 Å². The lowest BCUT2D eigenvalue weighted by molar-refractivity contribution is -0.138. The molecular weight excluding hydrogens is 386 g/mol. The molecule has 0 N–H and O–H groups in total. The number of carbonyl (C=O) groups excluding carboxylic acids is 2. The third-order valence-corrected chi connectivity index (χ3v) is 10.7. The number of fused-ring (bicyclic) bond motifs is 6. The number of hydrogen-bond acceptors (Lipinski definition) is 4. The molecule has 3 saturated carbocycles. The SMILES string of the molecule is CC1=C2C(=O)[C@H]3[C@@H](CC[C@@H]4CC(=O)CC[C@@]43C)[C@@H]2CC[C@]12O[C@@H]1C[C@H](C)CN=C1[C@H]2C. The van der Waals surface area contributed by atoms with Crippen molar-refractivity contribution in [2.45, 2.75) is 90.8 Å². The third-order valence-electron chi connectivity index (χ3n) is 10.7. The van der Waals surface area contributed by atoms with E-state index in [0.29, 0.717) is 48.1 Å². The molecule has 0 bridgehead atoms. The quantitative estimate of drug-likeness (QED) is 0.554. The van der Waals surface area contributed by atoms with Crippen LogP contribution in [0.1, 0.15) is 79.1 Å². The van der Waals surface area contributed by atoms with E-state index in [0.717, 1.165) is 50.6 Å². The maximum atomic E-state index is 14.1. The lowest BCUT2D eigenvalue weighted by Gasteiger charge is -2.51. The monoisotopic (exact) mass is 423 g/mol. The van der Waals surface area contributed by atoms with E-state index < -0.39 is 0 Å². The number of ketones is 2. The highest BCUT2D eigenvalue weighted by Gasteiger charge is 2.64. The largest absolute Gasteiger partial charge is 0.361 e. The van der Waals surface area contributed by atoms with Crippen LogP contribution in [0.25, 0.3) is 0 Å². The molecule has 0 radical (unpaired) electrons. The van der Waals surface area contributed by atoms with Crippen LogP contribution in [0, 0.1) is 40.9 Å². The Balaban J connectivity index is 1.40. The van der Waals surface area contributed by atoms with Crippen LogP contribution in [0.2, 0.25) is 0 Å². The van der Waals surface area contributed by atoms with E-state index in [1.54, 1.807) is 0 Å². The van der Waals surface area contributed by atoms with Gasteiger partial charge in [0.15, 0.2) is 5.78 Å². The van der Waals surface area contributed by atoms with Crippen LogP contribution in [-0.2, 0) is 14.3 Å². The molecule has 0 aromatic carbocycles. The van der Waals surface area contributed by atoms with Gasteiger partial charge in [-0.05, 0) is 80.1 Å². The lowest BCUT2D eigenvalue weighted by Crippen LogP contribution is -2.48. The molecule has 4 heteroatoms. The van der Waals surface area contributed by atoms with E-state index in [1.165, 1.54) is 11.3 Å². The van der Waals surface area contributed by atoms with Gasteiger partial charge in [-0.25, -0.2) is 0 Å². The molecule has 31 heavy (non-hydrogen) atoms. The number of carbonyl (C=O) groups is 2. The Kier molecular flexibility index (Phi) is 4.34. The number of aliphatic imine (C=N–C) groups is 1. The van der Waals surface area contributed by atoms with Crippen LogP contribution in [0.4, 0.5) is 0 Å². The fraction of sp³-hybridized carbons (Fsp3) is 0.815. The van der Waals surface area contributed by atoms with Crippen molar-refractivity contribution < 1.29 is 14.3 Å². The average Bonchev–Trinajstić information content (AvgIpc) is 3.18. The van der Waals surface area contributed by atoms with Gasteiger partial charge in [0.2, 0.25) is 0 Å². The smallest absolute Gasteiger partial charge is 0.163 e. The van der Waals surface area contributed by atoms with Gasteiger partial charge >= 0.3 is 0 Å². The molecule has 4 fully saturated rings. The molecule has 1 saturated heterocycles. The fourth-order valence-corrected chi connectivity index (χ4v) is 8.94. The first kappa shape index (κ1) is 20.3. The van der Waals surface area contributed by atoms with Crippen molar-refractivity contribution in [2.75, 3.05) is 6.54 Å². The zero-order valence-corrected chi connectivity index (χ0v) is 19.6. The summed E-state index contributed by atoms with van der Waals surface area (Å²) in [6.07, 6.45) is 7.77. The molecule has 6 rings (SSSR count). The van der Waals surface area contributed by atoms with Crippen molar-refractivity contribution in [2.24, 2.45) is 45.9 Å². The number of hydrogen-bond donors (Lipinski definition) is 0. The molecule has 4 aliphatic carbocycles. The Labute approximate surface area is 186 Å². The summed E-state index contributed by atoms with van der Waals surface area (Å²) in [7, 11) is 0. The fourth-order valence-electron chi connectivity index (χ4n) is 8.94. The second-order valence-corrected chi connectivity index (χ2v) is 12.0. The van der Waals surface area contributed by atoms with E-state index in [2.05, 4.69) is 27.7 Å². The van der Waals surface area contributed by atoms with Gasteiger partial charge in [-0.3, -0.25) is 14.6 Å². The van der Waals surface area contributed by atoms with E-state index in [1.807, 2.05) is 0 Å². The maximum absolute atomic E-state index is 14.1. The molecule has 1 spiro atoms. The lowest BCUT2D eigenvalue weighted by atomic mass is 9.52. The number of Topliss-reactive ketones (excluding diaryl/α,β-unsaturated/α-hetero) is 2. The second kappa shape index (κ2) is 6.62. The summed E-state index contributed by atoms with van der Waals surface area (Å²) < 4.78 is 6.86. The first-order valence-corrected chi connectivity index (χ1v) is 12.8. The number of nitrogens with zero attached hydrogens (tertiary/aromatic N) is 1. The Hall–Kier alpha value is -1.29. The van der Waals surface area contributed by atoms with E-state index in [4.69, 9.17) is 9.73 Å². The first-order valence-electron chi connectivity index (χ1n) is 12.8. The minimum absolute atomic E-state index is 0.00133. The summed E-state index contributed by atoms with van der Waals surface area (Å²) >= 11 is 0. The molecule has 6 aliphatic rings. The van der Waals surface area contributed by atoms with Crippen molar-refractivity contribution in [1.29, 1.82) is 0 Å². The number of ether oxygens (including phenoxy) is 1. The molecule has 0 amide bonds. The van der Waals surface area contributed by atoms with E-state index in [-0.39, 0.29) is 29.0 Å². The molecule has 9 atom stereocenters. The van der Waals surface area contributed by atoms with Crippen LogP contribution in [0.15, 0.2) is 16.1 Å². The summed E-state index contributed by atoms with van der Waals surface area (Å²) in [5.74, 6) is 3.04. The summed E-state index contributed by atoms with van der Waals surface area (Å²) in [5.41, 5.74) is 3.27. The third kappa shape index (κ3) is 2.55. The van der Waals surface area contributed by atoms with Gasteiger partial charge in [-0.2, -0.15) is 0 Å². The highest BCUT2D eigenvalue weighted by molar-refractivity contribution is 6.03. The van der Waals surface area contributed by atoms with E-state index in [9.17, 15) is 9.59 Å². The van der Waals surface area contributed by atoms with Crippen LogP contribution >= 0.6 is 0 Å². The Morgan fingerprint density at radius 2 is 1.90 bits per heavy atom. The zero-order chi connectivity index (χ0) is 21.7. The topological polar surface area (TPSA) is 55.7 Å². The maximum Gasteiger partial charge on any atom is 0.163 e. The molecule has 2 heterocycles. The standard InChI is InChI=1S/C27H37NO3/c1-14-11-21-24(28-13-14)16(3)27(31-21)10-8-19-20-6-5-17-12-18(29)7-9-26(17,4)23(20)25(30)22(19)15(27)2/h14,16-17,19-21,23H,5-13H2,1-4H3/t14-,16+,17+,19-,20-,21+,23+,26-,27-/m0/s1. The van der Waals surface area contributed by atoms with Gasteiger partial charge in [0.25, 0.3) is 0 Å². The van der Waals surface area contributed by atoms with Crippen LogP contribution in [-0.4, -0.2) is 35.5 Å². The van der Waals surface area contributed by atoms with Crippen molar-refractivity contribution >= 4 is 17.3 Å². The van der Waals surface area contributed by atoms with Crippen molar-refractivity contribution in [3.05, 3.63) is 11.1 Å². The molecule has 0 aromatic heterocycles. The van der Waals surface area contributed by atoms with Crippen LogP contribution in [0.3, 0.4) is 0 Å². The summed E-state index contributed by atoms with van der Waals surface area (Å²) in [5, 5.41) is 0. The molecule has 4 nitrogen and oxygen atoms in total. The van der Waals surface area contributed by atoms with Gasteiger partial charge in [0.05, 0.1) is 11.7 Å². The highest BCUT2D eigenvalue weighted by Crippen LogP contribution is 2.64. The van der Waals surface area contributed by atoms with Crippen molar-refractivity contribution in [1.82, 2.24) is 0 Å². The summed E-state index contributed by atoms with van der Waals surface area (Å²) in [6, 6.07) is 0. The van der Waals surface area contributed by atoms with Crippen LogP contribution in [0.5, 0.6) is 0 Å². The van der Waals surface area contributed by atoms with Crippen molar-refractivity contribution in [3.8, 4) is 0 Å². The van der Waals surface area contributed by atoms with E-state index >= 15 is 0 Å². The van der Waals surface area contributed by atoms with Crippen molar-refractivity contribution in [3.63, 3.8) is 0 Å². The average molecular weight is 424 g/mol. The molecule has 0 unspecified atom stereocenters. The minimum Gasteiger partial charge on any atom is -0.361 e. The second-order valence-electron chi connectivity index (χ2n) is 12.0. The van der Waals surface area contributed by atoms with Gasteiger partial charge in [-0.15, -0.1) is 0 Å². The highest BCUT2D eigenvalue weighted by atomic mass is 16.5. The molecule has 168 valence electrons. The zero-order valence-electron chi connectivity index (χ0n) is 19.6. The summed E-state index contributed by atoms with van der Waals surface area (Å²) in [6.45, 7) is 10.0. The predicted molar refractivity (Wildman–Crippen MR) is 120 cm³/mol.